The Balaban J connectivity index is 0.00000121. The van der Waals surface area contributed by atoms with E-state index in [1.165, 1.54) is 0 Å². The summed E-state index contributed by atoms with van der Waals surface area (Å²) in [5.41, 5.74) is 0. The van der Waals surface area contributed by atoms with Crippen LogP contribution in [0.3, 0.4) is 0 Å². The molecule has 0 aromatic carbocycles. The Labute approximate surface area is 79.9 Å². The van der Waals surface area contributed by atoms with E-state index in [0.717, 1.165) is 32.7 Å². The Morgan fingerprint density at radius 2 is 2.00 bits per heavy atom. The van der Waals surface area contributed by atoms with Crippen molar-refractivity contribution in [3.8, 4) is 0 Å². The molecule has 1 heterocycles. The minimum atomic E-state index is -0.191. The summed E-state index contributed by atoms with van der Waals surface area (Å²) in [5.74, 6) is 0.202. The van der Waals surface area contributed by atoms with Gasteiger partial charge in [0.2, 0.25) is 0 Å². The van der Waals surface area contributed by atoms with Gasteiger partial charge in [-0.1, -0.05) is 6.92 Å². The summed E-state index contributed by atoms with van der Waals surface area (Å²) in [6.45, 7) is 6.94. The van der Waals surface area contributed by atoms with Crippen molar-refractivity contribution < 1.29 is 4.39 Å². The molecule has 1 saturated heterocycles. The molecule has 1 fully saturated rings. The minimum absolute atomic E-state index is 0. The van der Waals surface area contributed by atoms with Gasteiger partial charge in [0.05, 0.1) is 6.67 Å². The number of nitrogens with one attached hydrogen (secondary N) is 1. The van der Waals surface area contributed by atoms with E-state index in [4.69, 9.17) is 0 Å². The summed E-state index contributed by atoms with van der Waals surface area (Å²) in [6, 6.07) is 0. The molecular formula is C8H18ClFN2. The van der Waals surface area contributed by atoms with Gasteiger partial charge in [0, 0.05) is 32.7 Å². The molecular weight excluding hydrogens is 179 g/mol. The van der Waals surface area contributed by atoms with Crippen LogP contribution in [0.2, 0.25) is 0 Å². The van der Waals surface area contributed by atoms with Crippen molar-refractivity contribution in [3.63, 3.8) is 0 Å². The molecule has 1 atom stereocenters. The highest BCUT2D eigenvalue weighted by Crippen LogP contribution is 2.01. The summed E-state index contributed by atoms with van der Waals surface area (Å²) in [7, 11) is 0. The van der Waals surface area contributed by atoms with E-state index >= 15 is 0 Å². The molecule has 0 amide bonds. The van der Waals surface area contributed by atoms with Gasteiger partial charge in [-0.05, 0) is 5.92 Å². The Hall–Kier alpha value is 0.140. The van der Waals surface area contributed by atoms with Gasteiger partial charge in [-0.2, -0.15) is 0 Å². The van der Waals surface area contributed by atoms with Crippen LogP contribution in [0.15, 0.2) is 0 Å². The fourth-order valence-electron chi connectivity index (χ4n) is 1.38. The van der Waals surface area contributed by atoms with Gasteiger partial charge in [0.1, 0.15) is 0 Å². The lowest BCUT2D eigenvalue weighted by atomic mass is 10.2. The molecule has 0 bridgehead atoms. The molecule has 74 valence electrons. The molecule has 2 nitrogen and oxygen atoms in total. The molecule has 0 radical (unpaired) electrons. The zero-order valence-corrected chi connectivity index (χ0v) is 8.37. The lowest BCUT2D eigenvalue weighted by molar-refractivity contribution is 0.195. The van der Waals surface area contributed by atoms with Gasteiger partial charge in [-0.15, -0.1) is 12.4 Å². The largest absolute Gasteiger partial charge is 0.314 e. The van der Waals surface area contributed by atoms with Crippen LogP contribution < -0.4 is 5.32 Å². The maximum absolute atomic E-state index is 12.1. The summed E-state index contributed by atoms with van der Waals surface area (Å²) >= 11 is 0. The van der Waals surface area contributed by atoms with Gasteiger partial charge in [0.25, 0.3) is 0 Å². The number of nitrogens with zero attached hydrogens (tertiary/aromatic N) is 1. The molecule has 0 aliphatic carbocycles. The van der Waals surface area contributed by atoms with E-state index in [-0.39, 0.29) is 25.0 Å². The molecule has 4 heteroatoms. The van der Waals surface area contributed by atoms with Crippen molar-refractivity contribution in [2.75, 3.05) is 39.4 Å². The second-order valence-electron chi connectivity index (χ2n) is 3.31. The number of rotatable bonds is 3. The highest BCUT2D eigenvalue weighted by Gasteiger charge is 2.12. The fourth-order valence-corrected chi connectivity index (χ4v) is 1.38. The van der Waals surface area contributed by atoms with E-state index in [1.807, 2.05) is 6.92 Å². The van der Waals surface area contributed by atoms with Crippen LogP contribution in [-0.2, 0) is 0 Å². The van der Waals surface area contributed by atoms with Gasteiger partial charge >= 0.3 is 0 Å². The molecule has 1 rings (SSSR count). The number of halogens is 2. The maximum Gasteiger partial charge on any atom is 0.0932 e. The fraction of sp³-hybridized carbons (Fsp3) is 1.00. The van der Waals surface area contributed by atoms with Crippen molar-refractivity contribution in [1.29, 1.82) is 0 Å². The summed E-state index contributed by atoms with van der Waals surface area (Å²) in [6.07, 6.45) is 0. The minimum Gasteiger partial charge on any atom is -0.314 e. The smallest absolute Gasteiger partial charge is 0.0932 e. The standard InChI is InChI=1S/C8H17FN2.ClH/c1-8(6-9)7-11-4-2-10-3-5-11;/h8,10H,2-7H2,1H3;1H/t8-;/m0./s1. The summed E-state index contributed by atoms with van der Waals surface area (Å²) in [4.78, 5) is 2.32. The lowest BCUT2D eigenvalue weighted by Gasteiger charge is -2.28. The Bertz CT molecular complexity index is 107. The van der Waals surface area contributed by atoms with Crippen LogP contribution in [0, 0.1) is 5.92 Å². The molecule has 0 saturated carbocycles. The highest BCUT2D eigenvalue weighted by molar-refractivity contribution is 5.85. The third kappa shape index (κ3) is 4.24. The normalized spacial score (nSPS) is 21.5. The molecule has 0 aromatic heterocycles. The predicted octanol–water partition coefficient (Wildman–Crippen LogP) is 0.919. The molecule has 1 aliphatic heterocycles. The first-order chi connectivity index (χ1) is 5.33. The quantitative estimate of drug-likeness (QED) is 0.723. The van der Waals surface area contributed by atoms with Crippen LogP contribution in [0.4, 0.5) is 4.39 Å². The highest BCUT2D eigenvalue weighted by atomic mass is 35.5. The second kappa shape index (κ2) is 6.63. The lowest BCUT2D eigenvalue weighted by Crippen LogP contribution is -2.45. The number of hydrogen-bond acceptors (Lipinski definition) is 2. The van der Waals surface area contributed by atoms with Crippen molar-refractivity contribution in [1.82, 2.24) is 10.2 Å². The predicted molar refractivity (Wildman–Crippen MR) is 51.7 cm³/mol. The van der Waals surface area contributed by atoms with Crippen LogP contribution in [0.5, 0.6) is 0 Å². The topological polar surface area (TPSA) is 15.3 Å². The summed E-state index contributed by atoms with van der Waals surface area (Å²) in [5, 5.41) is 3.27. The van der Waals surface area contributed by atoms with Gasteiger partial charge in [-0.25, -0.2) is 0 Å². The maximum atomic E-state index is 12.1. The van der Waals surface area contributed by atoms with E-state index < -0.39 is 0 Å². The van der Waals surface area contributed by atoms with Crippen molar-refractivity contribution in [2.24, 2.45) is 5.92 Å². The third-order valence-electron chi connectivity index (χ3n) is 2.04. The Morgan fingerprint density at radius 3 is 2.50 bits per heavy atom. The van der Waals surface area contributed by atoms with E-state index in [1.54, 1.807) is 0 Å². The van der Waals surface area contributed by atoms with Crippen LogP contribution in [-0.4, -0.2) is 44.3 Å². The SMILES string of the molecule is C[C@@H](CF)CN1CCNCC1.Cl. The number of alkyl halides is 1. The van der Waals surface area contributed by atoms with E-state index in [9.17, 15) is 4.39 Å². The number of hydrogen-bond donors (Lipinski definition) is 1. The summed E-state index contributed by atoms with van der Waals surface area (Å²) < 4.78 is 12.1. The van der Waals surface area contributed by atoms with E-state index in [0.29, 0.717) is 0 Å². The third-order valence-corrected chi connectivity index (χ3v) is 2.04. The zero-order valence-electron chi connectivity index (χ0n) is 7.55. The zero-order chi connectivity index (χ0) is 8.10. The van der Waals surface area contributed by atoms with Gasteiger partial charge in [-0.3, -0.25) is 4.39 Å². The van der Waals surface area contributed by atoms with Crippen LogP contribution in [0.1, 0.15) is 6.92 Å². The Kier molecular flexibility index (Phi) is 6.71. The van der Waals surface area contributed by atoms with Gasteiger partial charge < -0.3 is 10.2 Å². The van der Waals surface area contributed by atoms with Crippen molar-refractivity contribution >= 4 is 12.4 Å². The molecule has 12 heavy (non-hydrogen) atoms. The molecule has 0 unspecified atom stereocenters. The Morgan fingerprint density at radius 1 is 1.42 bits per heavy atom. The average Bonchev–Trinajstić information content (AvgIpc) is 2.06. The number of piperazine rings is 1. The van der Waals surface area contributed by atoms with Crippen LogP contribution in [0.25, 0.3) is 0 Å². The monoisotopic (exact) mass is 196 g/mol. The van der Waals surface area contributed by atoms with Crippen molar-refractivity contribution in [3.05, 3.63) is 0 Å². The molecule has 1 N–H and O–H groups in total. The van der Waals surface area contributed by atoms with Gasteiger partial charge in [0.15, 0.2) is 0 Å². The molecule has 1 aliphatic rings. The first kappa shape index (κ1) is 12.1. The first-order valence-electron chi connectivity index (χ1n) is 4.32. The van der Waals surface area contributed by atoms with Crippen LogP contribution >= 0.6 is 12.4 Å². The average molecular weight is 197 g/mol. The van der Waals surface area contributed by atoms with E-state index in [2.05, 4.69) is 10.2 Å². The molecule has 0 spiro atoms. The van der Waals surface area contributed by atoms with Crippen molar-refractivity contribution in [2.45, 2.75) is 6.92 Å². The second-order valence-corrected chi connectivity index (χ2v) is 3.31. The molecule has 0 aromatic rings. The first-order valence-corrected chi connectivity index (χ1v) is 4.32.